The Balaban J connectivity index is 1.72. The Bertz CT molecular complexity index is 1500. The number of phenols is 1. The number of ketones is 1. The van der Waals surface area contributed by atoms with Crippen LogP contribution < -0.4 is 4.90 Å². The number of fused-ring (bicyclic) bond motifs is 1. The molecular weight excluding hydrogens is 462 g/mol. The summed E-state index contributed by atoms with van der Waals surface area (Å²) in [5, 5.41) is 30.4. The van der Waals surface area contributed by atoms with Gasteiger partial charge in [-0.2, -0.15) is 0 Å². The van der Waals surface area contributed by atoms with E-state index in [-0.39, 0.29) is 22.0 Å². The Morgan fingerprint density at radius 2 is 1.94 bits per heavy atom. The Morgan fingerprint density at radius 1 is 1.15 bits per heavy atom. The van der Waals surface area contributed by atoms with Crippen LogP contribution in [0.15, 0.2) is 64.4 Å². The molecule has 10 nitrogen and oxygen atoms in total. The largest absolute Gasteiger partial charge is 0.507 e. The number of anilines is 1. The van der Waals surface area contributed by atoms with Gasteiger partial charge in [0.15, 0.2) is 16.7 Å². The van der Waals surface area contributed by atoms with E-state index in [0.717, 1.165) is 28.4 Å². The minimum atomic E-state index is -1.40. The molecular formula is C23H15N3O7S. The number of pyridine rings is 1. The van der Waals surface area contributed by atoms with Crippen LogP contribution in [0.4, 0.5) is 5.13 Å². The maximum Gasteiger partial charge on any atom is 0.339 e. The van der Waals surface area contributed by atoms with Crippen molar-refractivity contribution in [2.45, 2.75) is 13.0 Å². The molecule has 3 N–H and O–H groups in total. The SMILES string of the molecule is Cc1ccc(C(=O)C2=C(O)C(=O)N(c3nc4cccnc4s3)C2c2ccc(O)c(C(=O)O)c2)o1. The summed E-state index contributed by atoms with van der Waals surface area (Å²) >= 11 is 1.07. The van der Waals surface area contributed by atoms with Crippen molar-refractivity contribution >= 4 is 44.5 Å². The number of nitrogens with zero attached hydrogens (tertiary/aromatic N) is 3. The fourth-order valence-electron chi connectivity index (χ4n) is 3.80. The van der Waals surface area contributed by atoms with Gasteiger partial charge in [0.05, 0.1) is 11.6 Å². The number of furan rings is 1. The number of aliphatic hydroxyl groups is 1. The van der Waals surface area contributed by atoms with Crippen LogP contribution in [0.2, 0.25) is 0 Å². The van der Waals surface area contributed by atoms with Gasteiger partial charge in [0, 0.05) is 6.20 Å². The van der Waals surface area contributed by atoms with Gasteiger partial charge in [-0.15, -0.1) is 0 Å². The molecule has 1 aromatic carbocycles. The van der Waals surface area contributed by atoms with Crippen molar-refractivity contribution in [3.05, 3.63) is 82.6 Å². The van der Waals surface area contributed by atoms with Gasteiger partial charge in [-0.25, -0.2) is 14.8 Å². The van der Waals surface area contributed by atoms with E-state index in [0.29, 0.717) is 16.1 Å². The van der Waals surface area contributed by atoms with Crippen LogP contribution in [0.1, 0.15) is 38.3 Å². The number of rotatable bonds is 5. The van der Waals surface area contributed by atoms with E-state index >= 15 is 0 Å². The van der Waals surface area contributed by atoms with E-state index < -0.39 is 40.8 Å². The number of thiazole rings is 1. The Morgan fingerprint density at radius 3 is 2.62 bits per heavy atom. The summed E-state index contributed by atoms with van der Waals surface area (Å²) in [5.41, 5.74) is -0.0464. The lowest BCUT2D eigenvalue weighted by molar-refractivity contribution is -0.117. The van der Waals surface area contributed by atoms with E-state index in [2.05, 4.69) is 9.97 Å². The topological polar surface area (TPSA) is 154 Å². The van der Waals surface area contributed by atoms with Crippen molar-refractivity contribution < 1.29 is 34.1 Å². The molecule has 0 bridgehead atoms. The molecule has 1 aliphatic heterocycles. The summed E-state index contributed by atoms with van der Waals surface area (Å²) in [6.45, 7) is 1.64. The molecule has 1 aliphatic rings. The predicted octanol–water partition coefficient (Wildman–Crippen LogP) is 3.78. The number of benzene rings is 1. The maximum atomic E-state index is 13.3. The average Bonchev–Trinajstić information content (AvgIpc) is 3.50. The van der Waals surface area contributed by atoms with Crippen molar-refractivity contribution in [1.82, 2.24) is 9.97 Å². The molecule has 4 heterocycles. The first-order valence-electron chi connectivity index (χ1n) is 9.92. The number of aromatic hydroxyl groups is 1. The zero-order chi connectivity index (χ0) is 24.1. The van der Waals surface area contributed by atoms with Crippen LogP contribution >= 0.6 is 11.3 Å². The standard InChI is InChI=1S/C23H15N3O7S/c1-10-4-7-15(33-10)18(28)16-17(11-5-6-14(27)12(9-11)22(31)32)26(21(30)19(16)29)23-25-13-3-2-8-24-20(13)34-23/h2-9,17,27,29H,1H3,(H,31,32). The smallest absolute Gasteiger partial charge is 0.339 e. The summed E-state index contributed by atoms with van der Waals surface area (Å²) in [4.78, 5) is 48.5. The van der Waals surface area contributed by atoms with Gasteiger partial charge in [0.2, 0.25) is 5.78 Å². The Labute approximate surface area is 195 Å². The second-order valence-electron chi connectivity index (χ2n) is 7.49. The fraction of sp³-hybridized carbons (Fsp3) is 0.0870. The summed E-state index contributed by atoms with van der Waals surface area (Å²) < 4.78 is 5.41. The van der Waals surface area contributed by atoms with Crippen LogP contribution in [-0.4, -0.2) is 42.9 Å². The second-order valence-corrected chi connectivity index (χ2v) is 8.44. The summed E-state index contributed by atoms with van der Waals surface area (Å²) in [6.07, 6.45) is 1.57. The van der Waals surface area contributed by atoms with Crippen molar-refractivity contribution in [2.24, 2.45) is 0 Å². The highest BCUT2D eigenvalue weighted by Crippen LogP contribution is 2.44. The molecule has 4 aromatic rings. The monoisotopic (exact) mass is 477 g/mol. The predicted molar refractivity (Wildman–Crippen MR) is 120 cm³/mol. The van der Waals surface area contributed by atoms with Gasteiger partial charge in [-0.05, 0) is 48.9 Å². The van der Waals surface area contributed by atoms with E-state index in [1.54, 1.807) is 31.3 Å². The molecule has 1 atom stereocenters. The number of aliphatic hydroxyl groups excluding tert-OH is 1. The van der Waals surface area contributed by atoms with Crippen LogP contribution in [0.5, 0.6) is 5.75 Å². The molecule has 170 valence electrons. The number of carbonyl (C=O) groups excluding carboxylic acids is 2. The molecule has 0 radical (unpaired) electrons. The van der Waals surface area contributed by atoms with Crippen molar-refractivity contribution in [3.8, 4) is 5.75 Å². The molecule has 0 saturated heterocycles. The number of hydrogen-bond acceptors (Lipinski definition) is 9. The first kappa shape index (κ1) is 21.3. The molecule has 0 aliphatic carbocycles. The Kier molecular flexibility index (Phi) is 4.91. The lowest BCUT2D eigenvalue weighted by Crippen LogP contribution is -2.31. The van der Waals surface area contributed by atoms with Crippen LogP contribution in [0, 0.1) is 6.92 Å². The van der Waals surface area contributed by atoms with E-state index in [1.807, 2.05) is 0 Å². The average molecular weight is 477 g/mol. The number of carboxylic acid groups (broad SMARTS) is 1. The Hall–Kier alpha value is -4.51. The van der Waals surface area contributed by atoms with Crippen LogP contribution in [0.3, 0.4) is 0 Å². The summed E-state index contributed by atoms with van der Waals surface area (Å²) in [7, 11) is 0. The lowest BCUT2D eigenvalue weighted by atomic mass is 9.94. The molecule has 1 unspecified atom stereocenters. The number of aromatic carboxylic acids is 1. The first-order valence-corrected chi connectivity index (χ1v) is 10.7. The van der Waals surface area contributed by atoms with E-state index in [1.165, 1.54) is 12.1 Å². The van der Waals surface area contributed by atoms with Gasteiger partial charge in [0.25, 0.3) is 5.91 Å². The van der Waals surface area contributed by atoms with Gasteiger partial charge in [-0.1, -0.05) is 17.4 Å². The van der Waals surface area contributed by atoms with Gasteiger partial charge in [-0.3, -0.25) is 14.5 Å². The highest BCUT2D eigenvalue weighted by atomic mass is 32.1. The molecule has 34 heavy (non-hydrogen) atoms. The normalized spacial score (nSPS) is 16.0. The lowest BCUT2D eigenvalue weighted by Gasteiger charge is -2.24. The number of carboxylic acids is 1. The molecule has 3 aromatic heterocycles. The van der Waals surface area contributed by atoms with Crippen molar-refractivity contribution in [2.75, 3.05) is 4.90 Å². The number of amides is 1. The third-order valence-electron chi connectivity index (χ3n) is 5.34. The number of carbonyl (C=O) groups is 3. The van der Waals surface area contributed by atoms with Crippen LogP contribution in [0.25, 0.3) is 10.3 Å². The highest BCUT2D eigenvalue weighted by Gasteiger charge is 2.46. The zero-order valence-electron chi connectivity index (χ0n) is 17.4. The number of hydrogen-bond donors (Lipinski definition) is 3. The third-order valence-corrected chi connectivity index (χ3v) is 6.32. The molecule has 0 saturated carbocycles. The quantitative estimate of drug-likeness (QED) is 0.364. The van der Waals surface area contributed by atoms with Gasteiger partial charge >= 0.3 is 5.97 Å². The van der Waals surface area contributed by atoms with Crippen molar-refractivity contribution in [3.63, 3.8) is 0 Å². The first-order chi connectivity index (χ1) is 16.3. The number of aryl methyl sites for hydroxylation is 1. The molecule has 1 amide bonds. The van der Waals surface area contributed by atoms with E-state index in [4.69, 9.17) is 4.42 Å². The zero-order valence-corrected chi connectivity index (χ0v) is 18.2. The van der Waals surface area contributed by atoms with E-state index in [9.17, 15) is 29.7 Å². The van der Waals surface area contributed by atoms with Crippen LogP contribution in [-0.2, 0) is 4.79 Å². The second kappa shape index (κ2) is 7.81. The molecule has 5 rings (SSSR count). The van der Waals surface area contributed by atoms with Gasteiger partial charge < -0.3 is 19.7 Å². The maximum absolute atomic E-state index is 13.3. The molecule has 0 spiro atoms. The summed E-state index contributed by atoms with van der Waals surface area (Å²) in [6, 6.07) is 8.80. The minimum Gasteiger partial charge on any atom is -0.507 e. The number of Topliss-reactive ketones (excluding diaryl/α,β-unsaturated/α-hetero) is 1. The van der Waals surface area contributed by atoms with Crippen molar-refractivity contribution in [1.29, 1.82) is 0 Å². The molecule has 0 fully saturated rings. The minimum absolute atomic E-state index is 0.0955. The fourth-order valence-corrected chi connectivity index (χ4v) is 4.73. The molecule has 11 heteroatoms. The summed E-state index contributed by atoms with van der Waals surface area (Å²) in [5.74, 6) is -3.96. The third kappa shape index (κ3) is 3.30. The highest BCUT2D eigenvalue weighted by molar-refractivity contribution is 7.22. The van der Waals surface area contributed by atoms with Gasteiger partial charge in [0.1, 0.15) is 27.4 Å². The number of aromatic nitrogens is 2.